The average molecular weight is 443 g/mol. The molecule has 0 nitrogen and oxygen atoms in total. The Labute approximate surface area is 183 Å². The van der Waals surface area contributed by atoms with Crippen LogP contribution in [0.1, 0.15) is 101 Å². The fraction of sp³-hybridized carbons (Fsp3) is 0.692. The van der Waals surface area contributed by atoms with Gasteiger partial charge in [0.1, 0.15) is 17.2 Å². The van der Waals surface area contributed by atoms with E-state index in [4.69, 9.17) is 0 Å². The molecule has 2 fully saturated rings. The van der Waals surface area contributed by atoms with E-state index in [0.29, 0.717) is 17.4 Å². The van der Waals surface area contributed by atoms with Crippen LogP contribution in [0, 0.1) is 29.4 Å². The number of halogens is 5. The third-order valence-electron chi connectivity index (χ3n) is 7.35. The minimum atomic E-state index is -5.01. The Hall–Kier alpha value is -1.39. The lowest BCUT2D eigenvalue weighted by Gasteiger charge is -2.29. The van der Waals surface area contributed by atoms with Gasteiger partial charge in [-0.3, -0.25) is 0 Å². The Balaban J connectivity index is 1.46. The van der Waals surface area contributed by atoms with E-state index in [1.807, 2.05) is 0 Å². The van der Waals surface area contributed by atoms with Gasteiger partial charge in [0.2, 0.25) is 0 Å². The predicted molar refractivity (Wildman–Crippen MR) is 115 cm³/mol. The molecule has 5 heteroatoms. The fourth-order valence-electron chi connectivity index (χ4n) is 5.41. The van der Waals surface area contributed by atoms with Crippen LogP contribution in [0.5, 0.6) is 0 Å². The van der Waals surface area contributed by atoms with Gasteiger partial charge in [-0.2, -0.15) is 13.2 Å². The van der Waals surface area contributed by atoms with Gasteiger partial charge >= 0.3 is 6.18 Å². The number of hydrogen-bond donors (Lipinski definition) is 0. The van der Waals surface area contributed by atoms with Crippen LogP contribution in [0.3, 0.4) is 0 Å². The molecule has 2 saturated carbocycles. The van der Waals surface area contributed by atoms with Crippen LogP contribution < -0.4 is 0 Å². The van der Waals surface area contributed by atoms with Gasteiger partial charge in [0, 0.05) is 0 Å². The second kappa shape index (κ2) is 11.0. The van der Waals surface area contributed by atoms with Crippen molar-refractivity contribution < 1.29 is 22.0 Å². The van der Waals surface area contributed by atoms with E-state index in [9.17, 15) is 22.0 Å². The number of unbranched alkanes of at least 4 members (excludes halogenated alkanes) is 2. The van der Waals surface area contributed by atoms with Crippen molar-refractivity contribution in [3.05, 3.63) is 47.0 Å². The first kappa shape index (κ1) is 24.3. The second-order valence-electron chi connectivity index (χ2n) is 9.63. The number of alkyl halides is 3. The zero-order chi connectivity index (χ0) is 22.4. The Kier molecular flexibility index (Phi) is 8.58. The molecular formula is C26H35F5. The Bertz CT molecular complexity index is 697. The summed E-state index contributed by atoms with van der Waals surface area (Å²) in [6.07, 6.45) is 13.6. The van der Waals surface area contributed by atoms with Crippen molar-refractivity contribution in [3.8, 4) is 0 Å². The molecule has 1 aromatic carbocycles. The highest BCUT2D eigenvalue weighted by molar-refractivity contribution is 5.31. The van der Waals surface area contributed by atoms with Crippen LogP contribution in [-0.4, -0.2) is 0 Å². The Morgan fingerprint density at radius 3 is 1.81 bits per heavy atom. The number of benzene rings is 1. The summed E-state index contributed by atoms with van der Waals surface area (Å²) >= 11 is 0. The highest BCUT2D eigenvalue weighted by atomic mass is 19.4. The highest BCUT2D eigenvalue weighted by Gasteiger charge is 2.38. The fourth-order valence-corrected chi connectivity index (χ4v) is 5.41. The van der Waals surface area contributed by atoms with Gasteiger partial charge in [-0.1, -0.05) is 44.8 Å². The van der Waals surface area contributed by atoms with Gasteiger partial charge in [0.15, 0.2) is 0 Å². The molecule has 174 valence electrons. The first-order chi connectivity index (χ1) is 14.8. The molecule has 0 saturated heterocycles. The van der Waals surface area contributed by atoms with Gasteiger partial charge in [-0.25, -0.2) is 8.78 Å². The summed E-state index contributed by atoms with van der Waals surface area (Å²) in [5.74, 6) is -1.06. The molecule has 31 heavy (non-hydrogen) atoms. The smallest absolute Gasteiger partial charge is 0.206 e. The number of allylic oxidation sites excluding steroid dienone is 2. The van der Waals surface area contributed by atoms with E-state index < -0.39 is 23.4 Å². The van der Waals surface area contributed by atoms with E-state index >= 15 is 0 Å². The molecule has 0 amide bonds. The van der Waals surface area contributed by atoms with Crippen molar-refractivity contribution in [2.45, 2.75) is 96.1 Å². The molecule has 3 rings (SSSR count). The SMILES string of the molecule is CCCCCC1CCC(C=CC2CCC(c3cc(F)c(C(F)(F)F)c(F)c3)CC2)CC1. The largest absolute Gasteiger partial charge is 0.422 e. The van der Waals surface area contributed by atoms with E-state index in [2.05, 4.69) is 19.1 Å². The predicted octanol–water partition coefficient (Wildman–Crippen LogP) is 9.20. The van der Waals surface area contributed by atoms with Gasteiger partial charge in [-0.05, 0) is 92.7 Å². The van der Waals surface area contributed by atoms with Gasteiger partial charge in [0.25, 0.3) is 0 Å². The van der Waals surface area contributed by atoms with Gasteiger partial charge < -0.3 is 0 Å². The second-order valence-corrected chi connectivity index (χ2v) is 9.63. The third kappa shape index (κ3) is 6.79. The standard InChI is InChI=1S/C26H35F5/c1-2-3-4-5-18-6-8-19(9-7-18)10-11-20-12-14-21(15-13-20)22-16-23(27)25(24(28)17-22)26(29,30)31/h10-11,16-21H,2-9,12-15H2,1H3. The molecule has 2 aliphatic carbocycles. The Morgan fingerprint density at radius 2 is 1.32 bits per heavy atom. The topological polar surface area (TPSA) is 0 Å². The lowest BCUT2D eigenvalue weighted by atomic mass is 9.76. The van der Waals surface area contributed by atoms with Crippen molar-refractivity contribution in [1.82, 2.24) is 0 Å². The quantitative estimate of drug-likeness (QED) is 0.224. The zero-order valence-electron chi connectivity index (χ0n) is 18.5. The molecule has 0 radical (unpaired) electrons. The molecule has 1 aromatic rings. The van der Waals surface area contributed by atoms with Crippen LogP contribution in [0.15, 0.2) is 24.3 Å². The zero-order valence-corrected chi connectivity index (χ0v) is 18.5. The summed E-state index contributed by atoms with van der Waals surface area (Å²) in [6.45, 7) is 2.25. The molecular weight excluding hydrogens is 407 g/mol. The first-order valence-electron chi connectivity index (χ1n) is 12.0. The average Bonchev–Trinajstić information content (AvgIpc) is 2.72. The van der Waals surface area contributed by atoms with Crippen molar-refractivity contribution in [2.75, 3.05) is 0 Å². The minimum Gasteiger partial charge on any atom is -0.206 e. The van der Waals surface area contributed by atoms with Crippen molar-refractivity contribution >= 4 is 0 Å². The molecule has 0 bridgehead atoms. The van der Waals surface area contributed by atoms with E-state index in [-0.39, 0.29) is 5.92 Å². The first-order valence-corrected chi connectivity index (χ1v) is 12.0. The molecule has 0 aromatic heterocycles. The molecule has 0 unspecified atom stereocenters. The maximum Gasteiger partial charge on any atom is 0.422 e. The van der Waals surface area contributed by atoms with E-state index in [0.717, 1.165) is 43.7 Å². The summed E-state index contributed by atoms with van der Waals surface area (Å²) in [5, 5.41) is 0. The summed E-state index contributed by atoms with van der Waals surface area (Å²) in [5.41, 5.74) is -1.43. The van der Waals surface area contributed by atoms with Gasteiger partial charge in [0.05, 0.1) is 0 Å². The maximum atomic E-state index is 13.9. The molecule has 0 heterocycles. The van der Waals surface area contributed by atoms with Crippen molar-refractivity contribution in [1.29, 1.82) is 0 Å². The van der Waals surface area contributed by atoms with Crippen molar-refractivity contribution in [2.24, 2.45) is 17.8 Å². The summed E-state index contributed by atoms with van der Waals surface area (Å²) in [6, 6.07) is 1.76. The van der Waals surface area contributed by atoms with Crippen LogP contribution in [-0.2, 0) is 6.18 Å². The molecule has 0 atom stereocenters. The lowest BCUT2D eigenvalue weighted by Crippen LogP contribution is -2.16. The summed E-state index contributed by atoms with van der Waals surface area (Å²) < 4.78 is 66.1. The lowest BCUT2D eigenvalue weighted by molar-refractivity contribution is -0.142. The van der Waals surface area contributed by atoms with E-state index in [1.54, 1.807) is 0 Å². The monoisotopic (exact) mass is 442 g/mol. The van der Waals surface area contributed by atoms with Crippen LogP contribution in [0.2, 0.25) is 0 Å². The summed E-state index contributed by atoms with van der Waals surface area (Å²) in [7, 11) is 0. The minimum absolute atomic E-state index is 0.0745. The molecule has 0 N–H and O–H groups in total. The normalized spacial score (nSPS) is 27.7. The van der Waals surface area contributed by atoms with Crippen LogP contribution in [0.4, 0.5) is 22.0 Å². The number of hydrogen-bond acceptors (Lipinski definition) is 0. The summed E-state index contributed by atoms with van der Waals surface area (Å²) in [4.78, 5) is 0. The van der Waals surface area contributed by atoms with Gasteiger partial charge in [-0.15, -0.1) is 0 Å². The molecule has 0 spiro atoms. The van der Waals surface area contributed by atoms with Crippen molar-refractivity contribution in [3.63, 3.8) is 0 Å². The molecule has 0 aliphatic heterocycles. The van der Waals surface area contributed by atoms with Crippen LogP contribution >= 0.6 is 0 Å². The third-order valence-corrected chi connectivity index (χ3v) is 7.35. The highest BCUT2D eigenvalue weighted by Crippen LogP contribution is 2.40. The van der Waals surface area contributed by atoms with E-state index in [1.165, 1.54) is 51.4 Å². The maximum absolute atomic E-state index is 13.9. The number of rotatable bonds is 7. The van der Waals surface area contributed by atoms with Crippen LogP contribution in [0.25, 0.3) is 0 Å². The molecule has 2 aliphatic rings. The Morgan fingerprint density at radius 1 is 0.806 bits per heavy atom.